The topological polar surface area (TPSA) is 136 Å². The van der Waals surface area contributed by atoms with Gasteiger partial charge in [-0.2, -0.15) is 0 Å². The lowest BCUT2D eigenvalue weighted by Crippen LogP contribution is -2.64. The number of fused-ring (bicyclic) bond motifs is 1. The third-order valence-electron chi connectivity index (χ3n) is 11.3. The van der Waals surface area contributed by atoms with Crippen molar-refractivity contribution in [3.63, 3.8) is 0 Å². The number of ketones is 1. The summed E-state index contributed by atoms with van der Waals surface area (Å²) < 4.78 is 32.2. The number of carbonyl (C=O) groups excluding carboxylic acids is 3. The maximum atomic E-state index is 14.1. The molecule has 2 unspecified atom stereocenters. The third kappa shape index (κ3) is 5.17. The summed E-state index contributed by atoms with van der Waals surface area (Å²) in [6.07, 6.45) is -2.73. The molecule has 14 atom stereocenters. The average molecular weight is 624 g/mol. The zero-order valence-electron chi connectivity index (χ0n) is 28.0. The fraction of sp³-hybridized carbons (Fsp3) is 0.906. The van der Waals surface area contributed by atoms with Crippen LogP contribution >= 0.6 is 0 Å². The highest BCUT2D eigenvalue weighted by Crippen LogP contribution is 2.54. The van der Waals surface area contributed by atoms with E-state index in [1.54, 1.807) is 18.7 Å². The lowest BCUT2D eigenvalue weighted by molar-refractivity contribution is -0.301. The van der Waals surface area contributed by atoms with E-state index in [9.17, 15) is 19.5 Å². The van der Waals surface area contributed by atoms with Gasteiger partial charge in [-0.05, 0) is 61.1 Å². The number of likely N-dealkylation sites (N-methyl/N-ethyl adjacent to an activating group) is 1. The number of aliphatic hydroxyl groups is 1. The minimum absolute atomic E-state index is 0.0653. The van der Waals surface area contributed by atoms with Crippen LogP contribution in [0.5, 0.6) is 0 Å². The van der Waals surface area contributed by atoms with Gasteiger partial charge in [-0.3, -0.25) is 19.8 Å². The van der Waals surface area contributed by atoms with E-state index in [4.69, 9.17) is 23.7 Å². The Morgan fingerprint density at radius 3 is 2.43 bits per heavy atom. The molecule has 5 saturated heterocycles. The first-order chi connectivity index (χ1) is 20.5. The van der Waals surface area contributed by atoms with E-state index in [2.05, 4.69) is 19.2 Å². The quantitative estimate of drug-likeness (QED) is 0.353. The van der Waals surface area contributed by atoms with Gasteiger partial charge in [0.25, 0.3) is 0 Å². The molecule has 0 radical (unpaired) electrons. The van der Waals surface area contributed by atoms with E-state index in [0.717, 1.165) is 0 Å². The average Bonchev–Trinajstić information content (AvgIpc) is 3.31. The van der Waals surface area contributed by atoms with Gasteiger partial charge in [0.15, 0.2) is 17.7 Å². The van der Waals surface area contributed by atoms with Crippen molar-refractivity contribution in [3.05, 3.63) is 0 Å². The van der Waals surface area contributed by atoms with Crippen molar-refractivity contribution < 1.29 is 43.2 Å². The highest BCUT2D eigenvalue weighted by atomic mass is 16.7. The first-order valence-electron chi connectivity index (χ1n) is 16.3. The lowest BCUT2D eigenvalue weighted by Gasteiger charge is -2.48. The molecule has 44 heavy (non-hydrogen) atoms. The van der Waals surface area contributed by atoms with Gasteiger partial charge < -0.3 is 33.7 Å². The van der Waals surface area contributed by atoms with E-state index in [1.165, 1.54) is 0 Å². The standard InChI is InChI=1S/C32H53N3O9/c1-11-22-31(8)25-20(6)32(33-12-13-35(25)29(39)43-31)16(2)15-30(7,44-32)26(18(4)23(36)19(5)27(38)41-22)42-28-24(37)21(34(9)10)14-17(3)40-28/h16-22,24-26,28,33,37H,11-15H2,1-10H3/t16?,17-,18+,19-,20-,21+,22-,24-,25-,26-,28+,30-,31-,32?/m1/s1. The van der Waals surface area contributed by atoms with Crippen LogP contribution < -0.4 is 5.32 Å². The van der Waals surface area contributed by atoms with Gasteiger partial charge in [0.05, 0.1) is 23.9 Å². The van der Waals surface area contributed by atoms with Crippen LogP contribution in [0.15, 0.2) is 0 Å². The number of aliphatic hydroxyl groups excluding tert-OH is 1. The number of ether oxygens (including phenoxy) is 5. The number of carbonyl (C=O) groups is 3. The number of Topliss-reactive ketones (excluding diaryl/α,β-unsaturated/α-hetero) is 1. The van der Waals surface area contributed by atoms with Gasteiger partial charge in [-0.15, -0.1) is 0 Å². The molecule has 2 N–H and O–H groups in total. The highest BCUT2D eigenvalue weighted by molar-refractivity contribution is 6.00. The fourth-order valence-corrected chi connectivity index (χ4v) is 9.06. The van der Waals surface area contributed by atoms with E-state index in [1.807, 2.05) is 46.7 Å². The summed E-state index contributed by atoms with van der Waals surface area (Å²) in [4.78, 5) is 44.7. The maximum absolute atomic E-state index is 14.1. The zero-order chi connectivity index (χ0) is 32.5. The van der Waals surface area contributed by atoms with E-state index in [-0.39, 0.29) is 29.8 Å². The first kappa shape index (κ1) is 33.5. The summed E-state index contributed by atoms with van der Waals surface area (Å²) in [5.74, 6) is -3.30. The SMILES string of the molecule is CC[C@H]1OC(=O)[C@H](C)C(=O)[C@H](C)[C@@H](O[C@@H]2O[C@H](C)C[C@H](N(C)C)[C@H]2O)[C@@]2(C)CC(C)C3(NCCN4C(=O)O[C@@]1(C)[C@H]4[C@H]3C)O2. The maximum Gasteiger partial charge on any atom is 0.410 e. The van der Waals surface area contributed by atoms with Crippen LogP contribution in [0.25, 0.3) is 0 Å². The van der Waals surface area contributed by atoms with Gasteiger partial charge in [0, 0.05) is 36.9 Å². The molecule has 5 fully saturated rings. The smallest absolute Gasteiger partial charge is 0.410 e. The molecule has 250 valence electrons. The van der Waals surface area contributed by atoms with Crippen molar-refractivity contribution in [1.29, 1.82) is 0 Å². The van der Waals surface area contributed by atoms with Gasteiger partial charge in [-0.1, -0.05) is 27.7 Å². The van der Waals surface area contributed by atoms with Gasteiger partial charge >= 0.3 is 12.1 Å². The second-order valence-corrected chi connectivity index (χ2v) is 14.6. The lowest BCUT2D eigenvalue weighted by atomic mass is 9.73. The van der Waals surface area contributed by atoms with E-state index >= 15 is 0 Å². The Morgan fingerprint density at radius 1 is 1.11 bits per heavy atom. The third-order valence-corrected chi connectivity index (χ3v) is 11.3. The number of cyclic esters (lactones) is 1. The zero-order valence-corrected chi connectivity index (χ0v) is 28.0. The molecule has 0 aromatic heterocycles. The molecule has 3 bridgehead atoms. The van der Waals surface area contributed by atoms with E-state index < -0.39 is 71.5 Å². The molecule has 0 aromatic carbocycles. The van der Waals surface area contributed by atoms with Crippen molar-refractivity contribution in [2.24, 2.45) is 23.7 Å². The van der Waals surface area contributed by atoms with Crippen LogP contribution in [0.2, 0.25) is 0 Å². The number of hydrogen-bond donors (Lipinski definition) is 2. The molecule has 0 aromatic rings. The second kappa shape index (κ2) is 11.8. The number of nitrogens with one attached hydrogen (secondary N) is 1. The number of amides is 1. The number of esters is 1. The molecule has 12 nitrogen and oxygen atoms in total. The van der Waals surface area contributed by atoms with Crippen LogP contribution in [0.3, 0.4) is 0 Å². The summed E-state index contributed by atoms with van der Waals surface area (Å²) >= 11 is 0. The largest absolute Gasteiger partial charge is 0.458 e. The molecule has 12 heteroatoms. The molecular weight excluding hydrogens is 570 g/mol. The summed E-state index contributed by atoms with van der Waals surface area (Å²) in [6.45, 7) is 15.9. The molecule has 5 rings (SSSR count). The summed E-state index contributed by atoms with van der Waals surface area (Å²) in [7, 11) is 3.82. The molecule has 5 aliphatic heterocycles. The van der Waals surface area contributed by atoms with Crippen LogP contribution in [0, 0.1) is 23.7 Å². The minimum atomic E-state index is -1.17. The molecular formula is C32H53N3O9. The second-order valence-electron chi connectivity index (χ2n) is 14.6. The van der Waals surface area contributed by atoms with Crippen molar-refractivity contribution in [3.8, 4) is 0 Å². The number of hydrogen-bond acceptors (Lipinski definition) is 11. The normalized spacial score (nSPS) is 50.0. The molecule has 0 saturated carbocycles. The van der Waals surface area contributed by atoms with Crippen molar-refractivity contribution in [1.82, 2.24) is 15.1 Å². The van der Waals surface area contributed by atoms with Crippen molar-refractivity contribution in [2.75, 3.05) is 27.2 Å². The fourth-order valence-electron chi connectivity index (χ4n) is 9.06. The Labute approximate surface area is 261 Å². The number of rotatable bonds is 4. The monoisotopic (exact) mass is 623 g/mol. The van der Waals surface area contributed by atoms with E-state index in [0.29, 0.717) is 32.4 Å². The number of nitrogens with zero attached hydrogens (tertiary/aromatic N) is 2. The molecule has 1 amide bonds. The van der Waals surface area contributed by atoms with Crippen LogP contribution in [-0.4, -0.2) is 120 Å². The Morgan fingerprint density at radius 2 is 1.80 bits per heavy atom. The molecule has 1 spiro atoms. The van der Waals surface area contributed by atoms with Gasteiger partial charge in [0.1, 0.15) is 23.9 Å². The van der Waals surface area contributed by atoms with Crippen molar-refractivity contribution in [2.45, 2.75) is 134 Å². The van der Waals surface area contributed by atoms with Crippen molar-refractivity contribution >= 4 is 17.8 Å². The molecule has 0 aliphatic carbocycles. The molecule has 5 aliphatic rings. The summed E-state index contributed by atoms with van der Waals surface area (Å²) in [5.41, 5.74) is -3.11. The predicted molar refractivity (Wildman–Crippen MR) is 159 cm³/mol. The van der Waals surface area contributed by atoms with Crippen LogP contribution in [0.1, 0.15) is 74.7 Å². The Hall–Kier alpha value is -1.83. The summed E-state index contributed by atoms with van der Waals surface area (Å²) in [5, 5.41) is 15.0. The van der Waals surface area contributed by atoms with Crippen LogP contribution in [-0.2, 0) is 33.3 Å². The Kier molecular flexibility index (Phi) is 8.96. The Balaban J connectivity index is 1.62. The first-order valence-corrected chi connectivity index (χ1v) is 16.3. The predicted octanol–water partition coefficient (Wildman–Crippen LogP) is 2.30. The van der Waals surface area contributed by atoms with Gasteiger partial charge in [-0.25, -0.2) is 4.79 Å². The molecule has 5 heterocycles. The van der Waals surface area contributed by atoms with Gasteiger partial charge in [0.2, 0.25) is 0 Å². The highest BCUT2D eigenvalue weighted by Gasteiger charge is 2.68. The summed E-state index contributed by atoms with van der Waals surface area (Å²) in [6, 6.07) is -0.680. The van der Waals surface area contributed by atoms with Crippen LogP contribution in [0.4, 0.5) is 4.79 Å². The Bertz CT molecular complexity index is 1140. The minimum Gasteiger partial charge on any atom is -0.458 e.